The first kappa shape index (κ1) is 21.7. The lowest BCUT2D eigenvalue weighted by atomic mass is 10.1. The molecular formula is C25H30N4O3. The fourth-order valence-electron chi connectivity index (χ4n) is 4.33. The average molecular weight is 435 g/mol. The third-order valence-corrected chi connectivity index (χ3v) is 6.10. The number of carbonyl (C=O) groups excluding carboxylic acids is 2. The van der Waals surface area contributed by atoms with Crippen molar-refractivity contribution in [3.8, 4) is 5.75 Å². The van der Waals surface area contributed by atoms with E-state index in [0.29, 0.717) is 12.2 Å². The Hall–Kier alpha value is -3.48. The van der Waals surface area contributed by atoms with Gasteiger partial charge in [0.1, 0.15) is 12.4 Å². The molecule has 7 heteroatoms. The number of nitrogens with zero attached hydrogens (tertiary/aromatic N) is 3. The van der Waals surface area contributed by atoms with Gasteiger partial charge >= 0.3 is 0 Å². The van der Waals surface area contributed by atoms with Crippen LogP contribution in [0.4, 0.5) is 11.4 Å². The molecule has 0 saturated carbocycles. The van der Waals surface area contributed by atoms with Gasteiger partial charge in [-0.1, -0.05) is 0 Å². The lowest BCUT2D eigenvalue weighted by Crippen LogP contribution is -2.42. The van der Waals surface area contributed by atoms with Crippen molar-refractivity contribution in [3.05, 3.63) is 53.7 Å². The first-order valence-electron chi connectivity index (χ1n) is 10.9. The van der Waals surface area contributed by atoms with Crippen molar-refractivity contribution in [2.75, 3.05) is 38.0 Å². The van der Waals surface area contributed by atoms with E-state index in [2.05, 4.69) is 35.9 Å². The van der Waals surface area contributed by atoms with Gasteiger partial charge in [0.15, 0.2) is 0 Å². The van der Waals surface area contributed by atoms with Crippen molar-refractivity contribution >= 4 is 34.1 Å². The van der Waals surface area contributed by atoms with Crippen LogP contribution < -0.4 is 15.0 Å². The molecule has 0 fully saturated rings. The quantitative estimate of drug-likeness (QED) is 0.662. The van der Waals surface area contributed by atoms with Gasteiger partial charge in [0.25, 0.3) is 5.91 Å². The minimum Gasteiger partial charge on any atom is -0.489 e. The van der Waals surface area contributed by atoms with Gasteiger partial charge in [-0.25, -0.2) is 0 Å². The van der Waals surface area contributed by atoms with E-state index in [-0.39, 0.29) is 24.3 Å². The molecule has 4 rings (SSSR count). The Morgan fingerprint density at radius 3 is 2.66 bits per heavy atom. The smallest absolute Gasteiger partial charge is 0.253 e. The molecule has 1 N–H and O–H groups in total. The molecule has 1 aliphatic rings. The average Bonchev–Trinajstić information content (AvgIpc) is 3.08. The standard InChI is InChI=1S/C25H30N4O3/c1-6-29-16(2)11-18-12-19(8-9-21(18)29)26-24(30)14-20-15-32-23-10-7-17(25(31)27(3)4)13-22(23)28(20)5/h7-13,20H,6,14-15H2,1-5H3,(H,26,30). The molecule has 168 valence electrons. The minimum atomic E-state index is -0.126. The van der Waals surface area contributed by atoms with Crippen LogP contribution in [0.25, 0.3) is 10.9 Å². The Morgan fingerprint density at radius 2 is 1.94 bits per heavy atom. The number of hydrogen-bond donors (Lipinski definition) is 1. The van der Waals surface area contributed by atoms with E-state index >= 15 is 0 Å². The third kappa shape index (κ3) is 4.02. The van der Waals surface area contributed by atoms with Gasteiger partial charge in [0, 0.05) is 55.5 Å². The van der Waals surface area contributed by atoms with Crippen molar-refractivity contribution in [1.29, 1.82) is 0 Å². The summed E-state index contributed by atoms with van der Waals surface area (Å²) in [4.78, 5) is 28.7. The van der Waals surface area contributed by atoms with Crippen LogP contribution in [0.3, 0.4) is 0 Å². The highest BCUT2D eigenvalue weighted by Gasteiger charge is 2.28. The van der Waals surface area contributed by atoms with Crippen LogP contribution in [-0.4, -0.2) is 55.1 Å². The Labute approximate surface area is 188 Å². The largest absolute Gasteiger partial charge is 0.489 e. The number of rotatable bonds is 5. The highest BCUT2D eigenvalue weighted by molar-refractivity contribution is 5.96. The van der Waals surface area contributed by atoms with Gasteiger partial charge in [0.05, 0.1) is 18.2 Å². The topological polar surface area (TPSA) is 66.8 Å². The van der Waals surface area contributed by atoms with E-state index in [1.807, 2.05) is 36.2 Å². The zero-order chi connectivity index (χ0) is 23.0. The van der Waals surface area contributed by atoms with Crippen molar-refractivity contribution < 1.29 is 14.3 Å². The van der Waals surface area contributed by atoms with Crippen LogP contribution in [-0.2, 0) is 11.3 Å². The van der Waals surface area contributed by atoms with E-state index in [1.165, 1.54) is 11.2 Å². The van der Waals surface area contributed by atoms with Crippen molar-refractivity contribution in [1.82, 2.24) is 9.47 Å². The van der Waals surface area contributed by atoms with Gasteiger partial charge in [-0.15, -0.1) is 0 Å². The van der Waals surface area contributed by atoms with Gasteiger partial charge < -0.3 is 24.4 Å². The summed E-state index contributed by atoms with van der Waals surface area (Å²) < 4.78 is 8.14. The molecule has 2 heterocycles. The second-order valence-electron chi connectivity index (χ2n) is 8.51. The summed E-state index contributed by atoms with van der Waals surface area (Å²) in [5.41, 5.74) is 4.58. The van der Waals surface area contributed by atoms with Gasteiger partial charge in [-0.3, -0.25) is 9.59 Å². The second kappa shape index (κ2) is 8.57. The molecule has 3 aromatic rings. The molecule has 0 radical (unpaired) electrons. The number of nitrogens with one attached hydrogen (secondary N) is 1. The number of aryl methyl sites for hydroxylation is 2. The number of hydrogen-bond acceptors (Lipinski definition) is 4. The molecule has 2 amide bonds. The third-order valence-electron chi connectivity index (χ3n) is 6.10. The minimum absolute atomic E-state index is 0.0661. The number of benzene rings is 2. The number of aromatic nitrogens is 1. The van der Waals surface area contributed by atoms with Gasteiger partial charge in [0.2, 0.25) is 5.91 Å². The predicted molar refractivity (Wildman–Crippen MR) is 128 cm³/mol. The Bertz CT molecular complexity index is 1180. The van der Waals surface area contributed by atoms with Gasteiger partial charge in [-0.05, 0) is 56.3 Å². The Morgan fingerprint density at radius 1 is 1.16 bits per heavy atom. The summed E-state index contributed by atoms with van der Waals surface area (Å²) in [5.74, 6) is 0.588. The molecule has 2 aromatic carbocycles. The highest BCUT2D eigenvalue weighted by Crippen LogP contribution is 2.35. The van der Waals surface area contributed by atoms with E-state index in [0.717, 1.165) is 29.1 Å². The SMILES string of the molecule is CCn1c(C)cc2cc(NC(=O)CC3COc4ccc(C(=O)N(C)C)cc4N3C)ccc21. The lowest BCUT2D eigenvalue weighted by Gasteiger charge is -2.35. The molecular weight excluding hydrogens is 404 g/mol. The first-order chi connectivity index (χ1) is 15.3. The van der Waals surface area contributed by atoms with E-state index in [4.69, 9.17) is 4.74 Å². The monoisotopic (exact) mass is 434 g/mol. The number of fused-ring (bicyclic) bond motifs is 2. The van der Waals surface area contributed by atoms with Crippen LogP contribution in [0.2, 0.25) is 0 Å². The predicted octanol–water partition coefficient (Wildman–Crippen LogP) is 3.90. The van der Waals surface area contributed by atoms with Crippen LogP contribution in [0.1, 0.15) is 29.4 Å². The molecule has 1 unspecified atom stereocenters. The maximum atomic E-state index is 12.8. The molecule has 7 nitrogen and oxygen atoms in total. The summed E-state index contributed by atoms with van der Waals surface area (Å²) in [6.45, 7) is 5.55. The Kier molecular flexibility index (Phi) is 5.82. The first-order valence-corrected chi connectivity index (χ1v) is 10.9. The molecule has 0 bridgehead atoms. The molecule has 0 spiro atoms. The molecule has 0 saturated heterocycles. The fraction of sp³-hybridized carbons (Fsp3) is 0.360. The maximum Gasteiger partial charge on any atom is 0.253 e. The number of likely N-dealkylation sites (N-methyl/N-ethyl adjacent to an activating group) is 1. The highest BCUT2D eigenvalue weighted by atomic mass is 16.5. The molecule has 1 aromatic heterocycles. The molecule has 1 aliphatic heterocycles. The summed E-state index contributed by atoms with van der Waals surface area (Å²) in [7, 11) is 5.39. The summed E-state index contributed by atoms with van der Waals surface area (Å²) in [6, 6.07) is 13.4. The second-order valence-corrected chi connectivity index (χ2v) is 8.51. The van der Waals surface area contributed by atoms with Crippen molar-refractivity contribution in [2.45, 2.75) is 32.9 Å². The molecule has 0 aliphatic carbocycles. The number of amides is 2. The van der Waals surface area contributed by atoms with Crippen molar-refractivity contribution in [3.63, 3.8) is 0 Å². The summed E-state index contributed by atoms with van der Waals surface area (Å²) >= 11 is 0. The van der Waals surface area contributed by atoms with Crippen molar-refractivity contribution in [2.24, 2.45) is 0 Å². The Balaban J connectivity index is 1.47. The van der Waals surface area contributed by atoms with Crippen LogP contribution >= 0.6 is 0 Å². The van der Waals surface area contributed by atoms with E-state index < -0.39 is 0 Å². The fourth-order valence-corrected chi connectivity index (χ4v) is 4.33. The van der Waals surface area contributed by atoms with Gasteiger partial charge in [-0.2, -0.15) is 0 Å². The normalized spacial score (nSPS) is 15.3. The zero-order valence-electron chi connectivity index (χ0n) is 19.3. The number of anilines is 2. The molecule has 32 heavy (non-hydrogen) atoms. The molecule has 1 atom stereocenters. The maximum absolute atomic E-state index is 12.8. The zero-order valence-corrected chi connectivity index (χ0v) is 19.3. The number of carbonyl (C=O) groups is 2. The van der Waals surface area contributed by atoms with E-state index in [9.17, 15) is 9.59 Å². The summed E-state index contributed by atoms with van der Waals surface area (Å²) in [6.07, 6.45) is 0.287. The van der Waals surface area contributed by atoms with E-state index in [1.54, 1.807) is 25.1 Å². The van der Waals surface area contributed by atoms with Crippen LogP contribution in [0, 0.1) is 6.92 Å². The number of ether oxygens (including phenoxy) is 1. The van der Waals surface area contributed by atoms with Crippen LogP contribution in [0.5, 0.6) is 5.75 Å². The lowest BCUT2D eigenvalue weighted by molar-refractivity contribution is -0.116. The summed E-state index contributed by atoms with van der Waals surface area (Å²) in [5, 5.41) is 4.14. The van der Waals surface area contributed by atoms with Crippen LogP contribution in [0.15, 0.2) is 42.5 Å².